The van der Waals surface area contributed by atoms with Crippen molar-refractivity contribution in [3.8, 4) is 0 Å². The van der Waals surface area contributed by atoms with Crippen molar-refractivity contribution in [3.05, 3.63) is 33.5 Å². The molecule has 0 radical (unpaired) electrons. The molecule has 0 saturated heterocycles. The zero-order valence-corrected chi connectivity index (χ0v) is 9.29. The summed E-state index contributed by atoms with van der Waals surface area (Å²) in [4.78, 5) is 1.30. The van der Waals surface area contributed by atoms with Gasteiger partial charge in [-0.25, -0.2) is 0 Å². The standard InChI is InChI=1S/C10H14ClNS/c1-2-3-4-7-12-8-9-5-6-10(11)13-9/h2-3,5-6,12H,4,7-8H2,1H3/b3-2+. The molecule has 13 heavy (non-hydrogen) atoms. The number of nitrogens with one attached hydrogen (secondary N) is 1. The predicted molar refractivity (Wildman–Crippen MR) is 60.5 cm³/mol. The molecule has 0 aliphatic heterocycles. The maximum absolute atomic E-state index is 5.80. The van der Waals surface area contributed by atoms with Crippen molar-refractivity contribution in [1.29, 1.82) is 0 Å². The summed E-state index contributed by atoms with van der Waals surface area (Å²) < 4.78 is 0.866. The average molecular weight is 216 g/mol. The molecule has 1 N–H and O–H groups in total. The highest BCUT2D eigenvalue weighted by Crippen LogP contribution is 2.20. The van der Waals surface area contributed by atoms with Gasteiger partial charge in [-0.05, 0) is 32.0 Å². The monoisotopic (exact) mass is 215 g/mol. The van der Waals surface area contributed by atoms with Gasteiger partial charge in [-0.2, -0.15) is 0 Å². The van der Waals surface area contributed by atoms with Gasteiger partial charge in [0.05, 0.1) is 4.34 Å². The quantitative estimate of drug-likeness (QED) is 0.586. The smallest absolute Gasteiger partial charge is 0.0931 e. The highest BCUT2D eigenvalue weighted by Gasteiger charge is 1.95. The number of rotatable bonds is 5. The molecule has 0 saturated carbocycles. The number of hydrogen-bond acceptors (Lipinski definition) is 2. The number of hydrogen-bond donors (Lipinski definition) is 1. The highest BCUT2D eigenvalue weighted by molar-refractivity contribution is 7.16. The van der Waals surface area contributed by atoms with Gasteiger partial charge in [-0.15, -0.1) is 11.3 Å². The zero-order chi connectivity index (χ0) is 9.52. The van der Waals surface area contributed by atoms with Gasteiger partial charge in [0.1, 0.15) is 0 Å². The molecule has 1 nitrogen and oxygen atoms in total. The van der Waals surface area contributed by atoms with E-state index in [1.807, 2.05) is 13.0 Å². The van der Waals surface area contributed by atoms with E-state index in [9.17, 15) is 0 Å². The average Bonchev–Trinajstić information content (AvgIpc) is 2.51. The number of halogens is 1. The molecule has 1 aromatic heterocycles. The van der Waals surface area contributed by atoms with Crippen molar-refractivity contribution >= 4 is 22.9 Å². The Morgan fingerprint density at radius 1 is 1.54 bits per heavy atom. The second-order valence-electron chi connectivity index (χ2n) is 2.74. The van der Waals surface area contributed by atoms with Crippen molar-refractivity contribution in [3.63, 3.8) is 0 Å². The Morgan fingerprint density at radius 3 is 3.00 bits per heavy atom. The van der Waals surface area contributed by atoms with Gasteiger partial charge >= 0.3 is 0 Å². The normalized spacial score (nSPS) is 11.2. The predicted octanol–water partition coefficient (Wildman–Crippen LogP) is 3.46. The Hall–Kier alpha value is -0.310. The summed E-state index contributed by atoms with van der Waals surface area (Å²) in [5.74, 6) is 0. The maximum atomic E-state index is 5.80. The number of allylic oxidation sites excluding steroid dienone is 1. The lowest BCUT2D eigenvalue weighted by Crippen LogP contribution is -2.12. The molecule has 72 valence electrons. The van der Waals surface area contributed by atoms with Crippen molar-refractivity contribution in [2.75, 3.05) is 6.54 Å². The first kappa shape index (κ1) is 10.8. The van der Waals surface area contributed by atoms with Crippen molar-refractivity contribution in [1.82, 2.24) is 5.32 Å². The fourth-order valence-corrected chi connectivity index (χ4v) is 2.07. The molecule has 1 rings (SSSR count). The van der Waals surface area contributed by atoms with E-state index >= 15 is 0 Å². The Bertz CT molecular complexity index is 268. The highest BCUT2D eigenvalue weighted by atomic mass is 35.5. The number of thiophene rings is 1. The minimum atomic E-state index is 0.866. The lowest BCUT2D eigenvalue weighted by Gasteiger charge is -1.98. The second kappa shape index (κ2) is 6.19. The fraction of sp³-hybridized carbons (Fsp3) is 0.400. The third-order valence-corrected chi connectivity index (χ3v) is 2.88. The molecule has 0 atom stereocenters. The summed E-state index contributed by atoms with van der Waals surface area (Å²) in [5, 5.41) is 3.35. The van der Waals surface area contributed by atoms with Crippen LogP contribution in [0.1, 0.15) is 18.2 Å². The minimum absolute atomic E-state index is 0.866. The van der Waals surface area contributed by atoms with Gasteiger partial charge in [-0.1, -0.05) is 23.8 Å². The van der Waals surface area contributed by atoms with E-state index in [1.54, 1.807) is 11.3 Å². The zero-order valence-electron chi connectivity index (χ0n) is 7.72. The lowest BCUT2D eigenvalue weighted by atomic mass is 10.4. The molecule has 0 aromatic carbocycles. The Kier molecular flexibility index (Phi) is 5.13. The molecule has 0 aliphatic carbocycles. The molecule has 0 aliphatic rings. The molecule has 3 heteroatoms. The van der Waals surface area contributed by atoms with Crippen LogP contribution in [0.4, 0.5) is 0 Å². The molecule has 0 fully saturated rings. The summed E-state index contributed by atoms with van der Waals surface area (Å²) in [7, 11) is 0. The van der Waals surface area contributed by atoms with Crippen LogP contribution in [-0.2, 0) is 6.54 Å². The van der Waals surface area contributed by atoms with E-state index in [0.29, 0.717) is 0 Å². The third kappa shape index (κ3) is 4.46. The fourth-order valence-electron chi connectivity index (χ4n) is 1.01. The van der Waals surface area contributed by atoms with Crippen molar-refractivity contribution in [2.45, 2.75) is 19.9 Å². The molecule has 1 aromatic rings. The van der Waals surface area contributed by atoms with E-state index in [1.165, 1.54) is 4.88 Å². The SMILES string of the molecule is C/C=C/CCNCc1ccc(Cl)s1. The van der Waals surface area contributed by atoms with Crippen LogP contribution >= 0.6 is 22.9 Å². The van der Waals surface area contributed by atoms with E-state index in [0.717, 1.165) is 23.8 Å². The second-order valence-corrected chi connectivity index (χ2v) is 4.54. The van der Waals surface area contributed by atoms with Crippen LogP contribution in [0.5, 0.6) is 0 Å². The first-order valence-electron chi connectivity index (χ1n) is 4.39. The maximum Gasteiger partial charge on any atom is 0.0931 e. The molecule has 0 amide bonds. The van der Waals surface area contributed by atoms with Crippen molar-refractivity contribution < 1.29 is 0 Å². The third-order valence-electron chi connectivity index (χ3n) is 1.65. The van der Waals surface area contributed by atoms with Gasteiger partial charge < -0.3 is 5.32 Å². The summed E-state index contributed by atoms with van der Waals surface area (Å²) in [5.41, 5.74) is 0. The summed E-state index contributed by atoms with van der Waals surface area (Å²) in [6, 6.07) is 4.00. The Labute approximate surface area is 88.4 Å². The molecule has 1 heterocycles. The van der Waals surface area contributed by atoms with Crippen molar-refractivity contribution in [2.24, 2.45) is 0 Å². The summed E-state index contributed by atoms with van der Waals surface area (Å²) in [6.45, 7) is 3.99. The van der Waals surface area contributed by atoms with Crippen LogP contribution in [0.2, 0.25) is 4.34 Å². The van der Waals surface area contributed by atoms with Crippen LogP contribution in [0.25, 0.3) is 0 Å². The Morgan fingerprint density at radius 2 is 2.38 bits per heavy atom. The minimum Gasteiger partial charge on any atom is -0.312 e. The van der Waals surface area contributed by atoms with E-state index in [4.69, 9.17) is 11.6 Å². The van der Waals surface area contributed by atoms with Crippen LogP contribution in [0, 0.1) is 0 Å². The van der Waals surface area contributed by atoms with Gasteiger partial charge in [0.25, 0.3) is 0 Å². The first-order chi connectivity index (χ1) is 6.33. The largest absolute Gasteiger partial charge is 0.312 e. The molecule has 0 spiro atoms. The van der Waals surface area contributed by atoms with Gasteiger partial charge in [-0.3, -0.25) is 0 Å². The molecular formula is C10H14ClNS. The lowest BCUT2D eigenvalue weighted by molar-refractivity contribution is 0.702. The van der Waals surface area contributed by atoms with Crippen LogP contribution in [0.3, 0.4) is 0 Å². The topological polar surface area (TPSA) is 12.0 Å². The van der Waals surface area contributed by atoms with Gasteiger partial charge in [0.15, 0.2) is 0 Å². The van der Waals surface area contributed by atoms with Gasteiger partial charge in [0, 0.05) is 11.4 Å². The van der Waals surface area contributed by atoms with Crippen LogP contribution in [-0.4, -0.2) is 6.54 Å². The summed E-state index contributed by atoms with van der Waals surface area (Å²) in [6.07, 6.45) is 5.33. The molecule has 0 bridgehead atoms. The Balaban J connectivity index is 2.13. The van der Waals surface area contributed by atoms with Crippen LogP contribution in [0.15, 0.2) is 24.3 Å². The summed E-state index contributed by atoms with van der Waals surface area (Å²) >= 11 is 7.44. The first-order valence-corrected chi connectivity index (χ1v) is 5.58. The molecular weight excluding hydrogens is 202 g/mol. The van der Waals surface area contributed by atoms with E-state index in [-0.39, 0.29) is 0 Å². The van der Waals surface area contributed by atoms with E-state index < -0.39 is 0 Å². The van der Waals surface area contributed by atoms with Gasteiger partial charge in [0.2, 0.25) is 0 Å². The molecule has 0 unspecified atom stereocenters. The van der Waals surface area contributed by atoms with E-state index in [2.05, 4.69) is 23.5 Å². The van der Waals surface area contributed by atoms with Crippen LogP contribution < -0.4 is 5.32 Å².